The van der Waals surface area contributed by atoms with Gasteiger partial charge in [0.1, 0.15) is 5.82 Å². The average molecular weight is 210 g/mol. The quantitative estimate of drug-likeness (QED) is 0.784. The molecule has 0 aliphatic heterocycles. The molecule has 15 heavy (non-hydrogen) atoms. The minimum atomic E-state index is -0.210. The lowest BCUT2D eigenvalue weighted by molar-refractivity contribution is 0.358. The molecular formula is C12H19FN2. The molecule has 0 heterocycles. The van der Waals surface area contributed by atoms with Gasteiger partial charge in [0.05, 0.1) is 0 Å². The fraction of sp³-hybridized carbons (Fsp3) is 0.500. The normalized spacial score (nSPS) is 11.5. The van der Waals surface area contributed by atoms with E-state index in [1.807, 2.05) is 6.07 Å². The molecular weight excluding hydrogens is 191 g/mol. The zero-order chi connectivity index (χ0) is 11.3. The lowest BCUT2D eigenvalue weighted by Gasteiger charge is -2.22. The summed E-state index contributed by atoms with van der Waals surface area (Å²) in [5.41, 5.74) is 6.58. The van der Waals surface area contributed by atoms with E-state index in [0.717, 1.165) is 18.7 Å². The minimum Gasteiger partial charge on any atom is -0.385 e. The Labute approximate surface area is 90.7 Å². The topological polar surface area (TPSA) is 38.0 Å². The molecule has 0 saturated carbocycles. The first kappa shape index (κ1) is 12.0. The Morgan fingerprint density at radius 2 is 2.13 bits per heavy atom. The molecule has 0 aliphatic carbocycles. The number of hydrogen-bond acceptors (Lipinski definition) is 2. The summed E-state index contributed by atoms with van der Waals surface area (Å²) in [4.78, 5) is 0. The predicted molar refractivity (Wildman–Crippen MR) is 62.3 cm³/mol. The summed E-state index contributed by atoms with van der Waals surface area (Å²) in [6, 6.07) is 6.49. The molecule has 2 nitrogen and oxygen atoms in total. The Morgan fingerprint density at radius 3 is 2.73 bits per heavy atom. The third kappa shape index (κ3) is 4.30. The Hall–Kier alpha value is -1.09. The van der Waals surface area contributed by atoms with Gasteiger partial charge in [-0.1, -0.05) is 19.9 Å². The van der Waals surface area contributed by atoms with E-state index in [1.54, 1.807) is 6.07 Å². The van der Waals surface area contributed by atoms with Gasteiger partial charge in [0.2, 0.25) is 0 Å². The van der Waals surface area contributed by atoms with Gasteiger partial charge in [0, 0.05) is 12.2 Å². The number of nitrogens with two attached hydrogens (primary N) is 1. The van der Waals surface area contributed by atoms with Gasteiger partial charge in [-0.2, -0.15) is 0 Å². The third-order valence-electron chi connectivity index (χ3n) is 2.51. The van der Waals surface area contributed by atoms with Crippen LogP contribution in [0.15, 0.2) is 24.3 Å². The van der Waals surface area contributed by atoms with Crippen molar-refractivity contribution in [2.75, 3.05) is 18.4 Å². The Bertz CT molecular complexity index is 310. The van der Waals surface area contributed by atoms with Gasteiger partial charge in [-0.15, -0.1) is 0 Å². The van der Waals surface area contributed by atoms with E-state index in [-0.39, 0.29) is 11.2 Å². The Kier molecular flexibility index (Phi) is 4.09. The molecule has 1 aromatic carbocycles. The van der Waals surface area contributed by atoms with Crippen LogP contribution in [0.1, 0.15) is 20.3 Å². The van der Waals surface area contributed by atoms with Crippen LogP contribution >= 0.6 is 0 Å². The van der Waals surface area contributed by atoms with Crippen molar-refractivity contribution < 1.29 is 4.39 Å². The number of halogens is 1. The third-order valence-corrected chi connectivity index (χ3v) is 2.51. The Morgan fingerprint density at radius 1 is 1.40 bits per heavy atom. The lowest BCUT2D eigenvalue weighted by atomic mass is 9.90. The highest BCUT2D eigenvalue weighted by Gasteiger charge is 2.14. The summed E-state index contributed by atoms with van der Waals surface area (Å²) in [5.74, 6) is -0.210. The van der Waals surface area contributed by atoms with Crippen LogP contribution < -0.4 is 11.1 Å². The molecule has 1 rings (SSSR count). The summed E-state index contributed by atoms with van der Waals surface area (Å²) >= 11 is 0. The van der Waals surface area contributed by atoms with E-state index in [9.17, 15) is 4.39 Å². The van der Waals surface area contributed by atoms with E-state index < -0.39 is 0 Å². The van der Waals surface area contributed by atoms with Crippen molar-refractivity contribution in [1.29, 1.82) is 0 Å². The summed E-state index contributed by atoms with van der Waals surface area (Å²) < 4.78 is 12.8. The van der Waals surface area contributed by atoms with E-state index in [1.165, 1.54) is 12.1 Å². The molecule has 84 valence electrons. The second-order valence-corrected chi connectivity index (χ2v) is 4.56. The molecule has 0 unspecified atom stereocenters. The second-order valence-electron chi connectivity index (χ2n) is 4.56. The van der Waals surface area contributed by atoms with Crippen LogP contribution in [0.2, 0.25) is 0 Å². The van der Waals surface area contributed by atoms with Crippen molar-refractivity contribution >= 4 is 5.69 Å². The largest absolute Gasteiger partial charge is 0.385 e. The van der Waals surface area contributed by atoms with Crippen LogP contribution in [0.5, 0.6) is 0 Å². The van der Waals surface area contributed by atoms with Gasteiger partial charge in [-0.05, 0) is 36.6 Å². The molecule has 0 atom stereocenters. The number of anilines is 1. The number of nitrogens with one attached hydrogen (secondary N) is 1. The monoisotopic (exact) mass is 210 g/mol. The summed E-state index contributed by atoms with van der Waals surface area (Å²) in [6.45, 7) is 5.73. The maximum absolute atomic E-state index is 12.8. The second kappa shape index (κ2) is 5.12. The van der Waals surface area contributed by atoms with E-state index in [4.69, 9.17) is 5.73 Å². The molecule has 3 heteroatoms. The molecule has 0 radical (unpaired) electrons. The molecule has 3 N–H and O–H groups in total. The highest BCUT2D eigenvalue weighted by atomic mass is 19.1. The molecule has 0 amide bonds. The van der Waals surface area contributed by atoms with Gasteiger partial charge >= 0.3 is 0 Å². The van der Waals surface area contributed by atoms with Crippen LogP contribution in [0, 0.1) is 11.2 Å². The van der Waals surface area contributed by atoms with Crippen molar-refractivity contribution in [3.63, 3.8) is 0 Å². The lowest BCUT2D eigenvalue weighted by Crippen LogP contribution is -2.26. The zero-order valence-electron chi connectivity index (χ0n) is 9.39. The molecule has 1 aromatic rings. The van der Waals surface area contributed by atoms with E-state index >= 15 is 0 Å². The van der Waals surface area contributed by atoms with Gasteiger partial charge in [-0.25, -0.2) is 4.39 Å². The highest BCUT2D eigenvalue weighted by Crippen LogP contribution is 2.18. The van der Waals surface area contributed by atoms with Gasteiger partial charge in [0.15, 0.2) is 0 Å². The maximum Gasteiger partial charge on any atom is 0.125 e. The molecule has 0 spiro atoms. The van der Waals surface area contributed by atoms with Crippen LogP contribution in [0.25, 0.3) is 0 Å². The molecule has 0 aliphatic rings. The molecule has 0 aromatic heterocycles. The predicted octanol–water partition coefficient (Wildman–Crippen LogP) is 2.61. The van der Waals surface area contributed by atoms with Crippen LogP contribution in [-0.4, -0.2) is 13.1 Å². The standard InChI is InChI=1S/C12H19FN2/c1-12(2,9-14)6-7-15-11-5-3-4-10(13)8-11/h3-5,8,15H,6-7,9,14H2,1-2H3. The van der Waals surface area contributed by atoms with Crippen molar-refractivity contribution in [3.8, 4) is 0 Å². The van der Waals surface area contributed by atoms with Crippen molar-refractivity contribution in [3.05, 3.63) is 30.1 Å². The summed E-state index contributed by atoms with van der Waals surface area (Å²) in [5, 5.41) is 3.18. The van der Waals surface area contributed by atoms with Gasteiger partial charge in [0.25, 0.3) is 0 Å². The minimum absolute atomic E-state index is 0.139. The van der Waals surface area contributed by atoms with Crippen molar-refractivity contribution in [1.82, 2.24) is 0 Å². The SMILES string of the molecule is CC(C)(CN)CCNc1cccc(F)c1. The molecule has 0 bridgehead atoms. The van der Waals surface area contributed by atoms with Crippen LogP contribution in [-0.2, 0) is 0 Å². The fourth-order valence-electron chi connectivity index (χ4n) is 1.25. The summed E-state index contributed by atoms with van der Waals surface area (Å²) in [6.07, 6.45) is 0.972. The summed E-state index contributed by atoms with van der Waals surface area (Å²) in [7, 11) is 0. The first-order valence-corrected chi connectivity index (χ1v) is 5.23. The fourth-order valence-corrected chi connectivity index (χ4v) is 1.25. The molecule has 0 saturated heterocycles. The smallest absolute Gasteiger partial charge is 0.125 e. The van der Waals surface area contributed by atoms with Crippen LogP contribution in [0.3, 0.4) is 0 Å². The first-order chi connectivity index (χ1) is 7.03. The molecule has 0 fully saturated rings. The van der Waals surface area contributed by atoms with Crippen molar-refractivity contribution in [2.24, 2.45) is 11.1 Å². The maximum atomic E-state index is 12.8. The highest BCUT2D eigenvalue weighted by molar-refractivity contribution is 5.42. The number of benzene rings is 1. The van der Waals surface area contributed by atoms with E-state index in [0.29, 0.717) is 6.54 Å². The zero-order valence-corrected chi connectivity index (χ0v) is 9.39. The first-order valence-electron chi connectivity index (χ1n) is 5.23. The van der Waals surface area contributed by atoms with E-state index in [2.05, 4.69) is 19.2 Å². The Balaban J connectivity index is 2.38. The van der Waals surface area contributed by atoms with Crippen molar-refractivity contribution in [2.45, 2.75) is 20.3 Å². The number of hydrogen-bond donors (Lipinski definition) is 2. The van der Waals surface area contributed by atoms with Crippen LogP contribution in [0.4, 0.5) is 10.1 Å². The van der Waals surface area contributed by atoms with Gasteiger partial charge < -0.3 is 11.1 Å². The van der Waals surface area contributed by atoms with Gasteiger partial charge in [-0.3, -0.25) is 0 Å². The number of rotatable bonds is 5. The average Bonchev–Trinajstić information content (AvgIpc) is 2.18.